The Morgan fingerprint density at radius 3 is 1.59 bits per heavy atom. The third-order valence-corrected chi connectivity index (χ3v) is 10.5. The summed E-state index contributed by atoms with van der Waals surface area (Å²) in [5.41, 5.74) is 11.4. The molecule has 0 amide bonds. The van der Waals surface area contributed by atoms with Gasteiger partial charge >= 0.3 is 0 Å². The van der Waals surface area contributed by atoms with Crippen molar-refractivity contribution in [1.82, 2.24) is 0 Å². The quantitative estimate of drug-likeness (QED) is 0.176. The van der Waals surface area contributed by atoms with Crippen LogP contribution in [-0.4, -0.2) is 6.04 Å². The third-order valence-electron chi connectivity index (χ3n) is 10.5. The fourth-order valence-corrected chi connectivity index (χ4v) is 8.41. The number of hydrogen-bond donors (Lipinski definition) is 0. The number of para-hydroxylation sites is 1. The number of benzene rings is 8. The molecule has 0 bridgehead atoms. The van der Waals surface area contributed by atoms with Gasteiger partial charge in [0.1, 0.15) is 0 Å². The predicted molar refractivity (Wildman–Crippen MR) is 209 cm³/mol. The first-order chi connectivity index (χ1) is 24.3. The van der Waals surface area contributed by atoms with E-state index in [9.17, 15) is 0 Å². The van der Waals surface area contributed by atoms with Crippen molar-refractivity contribution in [1.29, 1.82) is 0 Å². The Morgan fingerprint density at radius 2 is 0.918 bits per heavy atom. The minimum absolute atomic E-state index is 0.214. The lowest BCUT2D eigenvalue weighted by Crippen LogP contribution is -2.28. The maximum absolute atomic E-state index is 2.58. The molecule has 0 fully saturated rings. The van der Waals surface area contributed by atoms with Gasteiger partial charge in [-0.1, -0.05) is 152 Å². The molecule has 0 spiro atoms. The standard InChI is InChI=1S/C48H33N/c1-4-16-32(17-5-1)34-28-35(33-18-6-2-7-19-33)30-36(29-34)43-31-44-39-23-11-13-25-41(39)48-47(46(44)40-24-12-10-22-38(40)43)42-26-14-15-27-45(42)49(48)37-20-8-3-9-21-37/h1-31,42,45H. The van der Waals surface area contributed by atoms with Crippen LogP contribution in [0.2, 0.25) is 0 Å². The molecule has 2 unspecified atom stereocenters. The molecule has 2 aliphatic rings. The summed E-state index contributed by atoms with van der Waals surface area (Å²) in [6.07, 6.45) is 9.25. The Labute approximate surface area is 286 Å². The summed E-state index contributed by atoms with van der Waals surface area (Å²) in [6.45, 7) is 0. The summed E-state index contributed by atoms with van der Waals surface area (Å²) in [5, 5.41) is 7.85. The topological polar surface area (TPSA) is 3.24 Å². The Morgan fingerprint density at radius 1 is 0.388 bits per heavy atom. The Bertz CT molecular complexity index is 2540. The van der Waals surface area contributed by atoms with Gasteiger partial charge in [-0.05, 0) is 102 Å². The van der Waals surface area contributed by atoms with Crippen LogP contribution in [0.4, 0.5) is 11.4 Å². The van der Waals surface area contributed by atoms with Gasteiger partial charge in [-0.25, -0.2) is 0 Å². The Balaban J connectivity index is 1.32. The van der Waals surface area contributed by atoms with Crippen LogP contribution in [0.5, 0.6) is 0 Å². The molecule has 1 aliphatic heterocycles. The minimum atomic E-state index is 0.214. The molecule has 0 N–H and O–H groups in total. The minimum Gasteiger partial charge on any atom is -0.333 e. The van der Waals surface area contributed by atoms with E-state index in [0.29, 0.717) is 0 Å². The zero-order valence-corrected chi connectivity index (χ0v) is 27.0. The summed E-state index contributed by atoms with van der Waals surface area (Å²) >= 11 is 0. The van der Waals surface area contributed by atoms with Crippen LogP contribution in [0.1, 0.15) is 11.5 Å². The smallest absolute Gasteiger partial charge is 0.0630 e. The zero-order valence-electron chi connectivity index (χ0n) is 27.0. The lowest BCUT2D eigenvalue weighted by atomic mass is 9.82. The van der Waals surface area contributed by atoms with Crippen LogP contribution in [0.25, 0.3) is 65.7 Å². The SMILES string of the molecule is C1=CC2c3c(c4ccccc4c4cc(-c5cc(-c6ccccc6)cc(-c6ccccc6)c5)c5ccccc5c34)N(c3ccccc3)C2C=C1. The second kappa shape index (κ2) is 11.2. The number of anilines is 2. The van der Waals surface area contributed by atoms with Crippen LogP contribution < -0.4 is 4.90 Å². The molecule has 1 heteroatoms. The van der Waals surface area contributed by atoms with E-state index in [0.717, 1.165) is 0 Å². The van der Waals surface area contributed by atoms with E-state index in [1.54, 1.807) is 0 Å². The van der Waals surface area contributed by atoms with Crippen molar-refractivity contribution < 1.29 is 0 Å². The highest BCUT2D eigenvalue weighted by Crippen LogP contribution is 2.56. The molecule has 0 saturated heterocycles. The van der Waals surface area contributed by atoms with E-state index in [1.807, 2.05) is 0 Å². The van der Waals surface area contributed by atoms with Crippen molar-refractivity contribution in [3.05, 3.63) is 194 Å². The molecular weight excluding hydrogens is 591 g/mol. The predicted octanol–water partition coefficient (Wildman–Crippen LogP) is 12.9. The highest BCUT2D eigenvalue weighted by molar-refractivity contribution is 6.26. The summed E-state index contributed by atoms with van der Waals surface area (Å²) in [4.78, 5) is 2.58. The van der Waals surface area contributed by atoms with Crippen molar-refractivity contribution in [2.24, 2.45) is 0 Å². The van der Waals surface area contributed by atoms with Crippen molar-refractivity contribution in [2.75, 3.05) is 4.90 Å². The number of rotatable bonds is 4. The fraction of sp³-hybridized carbons (Fsp3) is 0.0417. The third kappa shape index (κ3) is 4.40. The van der Waals surface area contributed by atoms with Crippen LogP contribution in [0.3, 0.4) is 0 Å². The van der Waals surface area contributed by atoms with Crippen molar-refractivity contribution in [3.8, 4) is 33.4 Å². The molecule has 0 saturated carbocycles. The van der Waals surface area contributed by atoms with E-state index in [-0.39, 0.29) is 12.0 Å². The molecule has 10 rings (SSSR count). The Hall–Kier alpha value is -6.18. The molecule has 49 heavy (non-hydrogen) atoms. The van der Waals surface area contributed by atoms with Gasteiger partial charge < -0.3 is 4.90 Å². The highest BCUT2D eigenvalue weighted by Gasteiger charge is 2.40. The molecule has 2 atom stereocenters. The molecule has 0 aromatic heterocycles. The van der Waals surface area contributed by atoms with Crippen LogP contribution >= 0.6 is 0 Å². The van der Waals surface area contributed by atoms with Crippen LogP contribution in [0.15, 0.2) is 188 Å². The zero-order chi connectivity index (χ0) is 32.3. The van der Waals surface area contributed by atoms with E-state index in [1.165, 1.54) is 82.6 Å². The van der Waals surface area contributed by atoms with Gasteiger partial charge in [0, 0.05) is 17.0 Å². The van der Waals surface area contributed by atoms with Crippen molar-refractivity contribution >= 4 is 43.7 Å². The number of allylic oxidation sites excluding steroid dienone is 2. The van der Waals surface area contributed by atoms with Crippen molar-refractivity contribution in [2.45, 2.75) is 12.0 Å². The van der Waals surface area contributed by atoms with Gasteiger partial charge in [-0.15, -0.1) is 0 Å². The largest absolute Gasteiger partial charge is 0.333 e. The van der Waals surface area contributed by atoms with Gasteiger partial charge in [-0.3, -0.25) is 0 Å². The van der Waals surface area contributed by atoms with Gasteiger partial charge in [0.25, 0.3) is 0 Å². The van der Waals surface area contributed by atoms with Gasteiger partial charge in [0.2, 0.25) is 0 Å². The molecule has 1 nitrogen and oxygen atoms in total. The average Bonchev–Trinajstić information content (AvgIpc) is 3.54. The number of hydrogen-bond acceptors (Lipinski definition) is 1. The van der Waals surface area contributed by atoms with Crippen molar-refractivity contribution in [3.63, 3.8) is 0 Å². The summed E-state index contributed by atoms with van der Waals surface area (Å²) in [5.74, 6) is 0.243. The first kappa shape index (κ1) is 27.9. The molecular formula is C48H33N. The van der Waals surface area contributed by atoms with E-state index < -0.39 is 0 Å². The van der Waals surface area contributed by atoms with Gasteiger partial charge in [0.15, 0.2) is 0 Å². The average molecular weight is 624 g/mol. The van der Waals surface area contributed by atoms with E-state index >= 15 is 0 Å². The maximum atomic E-state index is 2.58. The normalized spacial score (nSPS) is 16.4. The highest BCUT2D eigenvalue weighted by atomic mass is 15.2. The Kier molecular flexibility index (Phi) is 6.38. The second-order valence-electron chi connectivity index (χ2n) is 13.2. The maximum Gasteiger partial charge on any atom is 0.0630 e. The number of nitrogens with zero attached hydrogens (tertiary/aromatic N) is 1. The molecule has 1 heterocycles. The molecule has 8 aromatic carbocycles. The lowest BCUT2D eigenvalue weighted by molar-refractivity contribution is 0.748. The molecule has 230 valence electrons. The van der Waals surface area contributed by atoms with E-state index in [4.69, 9.17) is 0 Å². The number of fused-ring (bicyclic) bond motifs is 10. The first-order valence-electron chi connectivity index (χ1n) is 17.2. The summed E-state index contributed by atoms with van der Waals surface area (Å²) in [6, 6.07) is 60.4. The first-order valence-corrected chi connectivity index (χ1v) is 17.2. The van der Waals surface area contributed by atoms with Crippen LogP contribution in [-0.2, 0) is 0 Å². The summed E-state index contributed by atoms with van der Waals surface area (Å²) in [7, 11) is 0. The lowest BCUT2D eigenvalue weighted by Gasteiger charge is -2.29. The molecule has 1 aliphatic carbocycles. The van der Waals surface area contributed by atoms with Crippen LogP contribution in [0, 0.1) is 0 Å². The molecule has 8 aromatic rings. The van der Waals surface area contributed by atoms with Gasteiger partial charge in [0.05, 0.1) is 11.7 Å². The fourth-order valence-electron chi connectivity index (χ4n) is 8.41. The second-order valence-corrected chi connectivity index (χ2v) is 13.2. The van der Waals surface area contributed by atoms with E-state index in [2.05, 4.69) is 193 Å². The summed E-state index contributed by atoms with van der Waals surface area (Å²) < 4.78 is 0. The monoisotopic (exact) mass is 623 g/mol. The van der Waals surface area contributed by atoms with Gasteiger partial charge in [-0.2, -0.15) is 0 Å². The molecule has 0 radical (unpaired) electrons.